The lowest BCUT2D eigenvalue weighted by molar-refractivity contribution is 0.192. The van der Waals surface area contributed by atoms with Gasteiger partial charge in [0.15, 0.2) is 0 Å². The minimum Gasteiger partial charge on any atom is -0.508 e. The molecule has 0 radical (unpaired) electrons. The van der Waals surface area contributed by atoms with Crippen LogP contribution in [0.15, 0.2) is 42.5 Å². The number of halogens is 2. The van der Waals surface area contributed by atoms with Gasteiger partial charge in [-0.3, -0.25) is 4.90 Å². The topological polar surface area (TPSA) is 39.2 Å². The summed E-state index contributed by atoms with van der Waals surface area (Å²) in [5.74, 6) is 1.56. The number of hydrogen-bond acceptors (Lipinski definition) is 5. The first-order valence-corrected chi connectivity index (χ1v) is 11.1. The van der Waals surface area contributed by atoms with Crippen molar-refractivity contribution >= 4 is 30.5 Å². The van der Waals surface area contributed by atoms with Crippen LogP contribution in [0.4, 0.5) is 5.69 Å². The van der Waals surface area contributed by atoms with E-state index in [2.05, 4.69) is 65.9 Å². The van der Waals surface area contributed by atoms with Crippen molar-refractivity contribution in [2.45, 2.75) is 26.7 Å². The molecule has 1 saturated heterocycles. The van der Waals surface area contributed by atoms with Gasteiger partial charge < -0.3 is 19.6 Å². The van der Waals surface area contributed by atoms with Gasteiger partial charge in [0.2, 0.25) is 0 Å². The Labute approximate surface area is 206 Å². The minimum atomic E-state index is 0. The maximum Gasteiger partial charge on any atom is 0.123 e. The predicted molar refractivity (Wildman–Crippen MR) is 140 cm³/mol. The molecule has 180 valence electrons. The minimum absolute atomic E-state index is 0. The fourth-order valence-corrected chi connectivity index (χ4v) is 3.87. The van der Waals surface area contributed by atoms with Gasteiger partial charge >= 0.3 is 0 Å². The zero-order chi connectivity index (χ0) is 21.5. The van der Waals surface area contributed by atoms with E-state index in [1.807, 2.05) is 19.1 Å². The van der Waals surface area contributed by atoms with Crippen LogP contribution in [-0.4, -0.2) is 74.4 Å². The smallest absolute Gasteiger partial charge is 0.123 e. The summed E-state index contributed by atoms with van der Waals surface area (Å²) in [7, 11) is 2.16. The molecule has 0 bridgehead atoms. The van der Waals surface area contributed by atoms with E-state index in [1.165, 1.54) is 5.69 Å². The van der Waals surface area contributed by atoms with Crippen LogP contribution in [0, 0.1) is 6.92 Å². The summed E-state index contributed by atoms with van der Waals surface area (Å²) in [6.07, 6.45) is 0. The van der Waals surface area contributed by atoms with E-state index in [-0.39, 0.29) is 24.8 Å². The SMILES string of the molecule is Cc1cc(OCCN(C)CCN2CCN(c3ccccc3)CC2)c(C(C)C)cc1O.Cl.Cl. The number of aromatic hydroxyl groups is 1. The third-order valence-electron chi connectivity index (χ3n) is 5.97. The summed E-state index contributed by atoms with van der Waals surface area (Å²) >= 11 is 0. The summed E-state index contributed by atoms with van der Waals surface area (Å²) in [6, 6.07) is 14.5. The van der Waals surface area contributed by atoms with Crippen LogP contribution in [0.2, 0.25) is 0 Å². The summed E-state index contributed by atoms with van der Waals surface area (Å²) in [6.45, 7) is 14.3. The van der Waals surface area contributed by atoms with Crippen molar-refractivity contribution in [3.8, 4) is 11.5 Å². The molecule has 1 aliphatic rings. The van der Waals surface area contributed by atoms with Crippen molar-refractivity contribution in [3.63, 3.8) is 0 Å². The van der Waals surface area contributed by atoms with E-state index < -0.39 is 0 Å². The van der Waals surface area contributed by atoms with Crippen LogP contribution >= 0.6 is 24.8 Å². The molecule has 0 unspecified atom stereocenters. The van der Waals surface area contributed by atoms with Gasteiger partial charge in [0.05, 0.1) is 0 Å². The molecule has 5 nitrogen and oxygen atoms in total. The second-order valence-corrected chi connectivity index (χ2v) is 8.65. The number of phenols is 1. The van der Waals surface area contributed by atoms with Gasteiger partial charge in [0.25, 0.3) is 0 Å². The Morgan fingerprint density at radius 2 is 1.66 bits per heavy atom. The molecule has 1 aliphatic heterocycles. The van der Waals surface area contributed by atoms with Gasteiger partial charge in [-0.15, -0.1) is 24.8 Å². The molecule has 0 spiro atoms. The molecule has 2 aromatic rings. The quantitative estimate of drug-likeness (QED) is 0.554. The van der Waals surface area contributed by atoms with E-state index >= 15 is 0 Å². The normalized spacial score (nSPS) is 14.2. The first-order chi connectivity index (χ1) is 14.4. The number of phenolic OH excluding ortho intramolecular Hbond substituents is 1. The van der Waals surface area contributed by atoms with Crippen molar-refractivity contribution in [1.29, 1.82) is 0 Å². The standard InChI is InChI=1S/C25H37N3O2.2ClH/c1-20(2)23-19-24(29)21(3)18-25(23)30-17-16-26(4)10-11-27-12-14-28(15-13-27)22-8-6-5-7-9-22;;/h5-9,18-20,29H,10-17H2,1-4H3;2*1H. The van der Waals surface area contributed by atoms with E-state index in [0.717, 1.165) is 62.7 Å². The number of benzene rings is 2. The van der Waals surface area contributed by atoms with Gasteiger partial charge in [0.1, 0.15) is 18.1 Å². The Morgan fingerprint density at radius 3 is 2.28 bits per heavy atom. The molecule has 3 rings (SSSR count). The van der Waals surface area contributed by atoms with Gasteiger partial charge in [0, 0.05) is 57.1 Å². The number of nitrogens with zero attached hydrogens (tertiary/aromatic N) is 3. The number of hydrogen-bond donors (Lipinski definition) is 1. The molecule has 1 N–H and O–H groups in total. The lowest BCUT2D eigenvalue weighted by Crippen LogP contribution is -2.48. The molecule has 7 heteroatoms. The fraction of sp³-hybridized carbons (Fsp3) is 0.520. The molecular formula is C25H39Cl2N3O2. The molecule has 32 heavy (non-hydrogen) atoms. The van der Waals surface area contributed by atoms with Gasteiger partial charge in [-0.2, -0.15) is 0 Å². The molecule has 0 aromatic heterocycles. The van der Waals surface area contributed by atoms with Crippen LogP contribution in [0.25, 0.3) is 0 Å². The Kier molecular flexibility index (Phi) is 12.2. The van der Waals surface area contributed by atoms with Crippen molar-refractivity contribution in [1.82, 2.24) is 9.80 Å². The Bertz CT molecular complexity index is 797. The first kappa shape index (κ1) is 28.4. The van der Waals surface area contributed by atoms with Crippen molar-refractivity contribution in [3.05, 3.63) is 53.6 Å². The second kappa shape index (κ2) is 13.8. The molecular weight excluding hydrogens is 445 g/mol. The summed E-state index contributed by atoms with van der Waals surface area (Å²) in [4.78, 5) is 7.36. The van der Waals surface area contributed by atoms with Crippen molar-refractivity contribution in [2.24, 2.45) is 0 Å². The van der Waals surface area contributed by atoms with E-state index in [9.17, 15) is 5.11 Å². The maximum atomic E-state index is 9.99. The molecule has 0 amide bonds. The molecule has 1 fully saturated rings. The highest BCUT2D eigenvalue weighted by atomic mass is 35.5. The van der Waals surface area contributed by atoms with E-state index in [1.54, 1.807) is 0 Å². The number of ether oxygens (including phenoxy) is 1. The summed E-state index contributed by atoms with van der Waals surface area (Å²) in [5.41, 5.74) is 3.26. The first-order valence-electron chi connectivity index (χ1n) is 11.1. The zero-order valence-electron chi connectivity index (χ0n) is 19.8. The molecule has 1 heterocycles. The van der Waals surface area contributed by atoms with Crippen molar-refractivity contribution in [2.75, 3.05) is 64.4 Å². The van der Waals surface area contributed by atoms with Crippen LogP contribution in [0.3, 0.4) is 0 Å². The van der Waals surface area contributed by atoms with Gasteiger partial charge in [-0.05, 0) is 49.7 Å². The number of likely N-dealkylation sites (N-methyl/N-ethyl adjacent to an activating group) is 1. The van der Waals surface area contributed by atoms with Gasteiger partial charge in [-0.1, -0.05) is 32.0 Å². The number of rotatable bonds is 9. The lowest BCUT2D eigenvalue weighted by Gasteiger charge is -2.36. The van der Waals surface area contributed by atoms with Crippen LogP contribution in [-0.2, 0) is 0 Å². The highest BCUT2D eigenvalue weighted by Crippen LogP contribution is 2.32. The predicted octanol–water partition coefficient (Wildman–Crippen LogP) is 4.80. The van der Waals surface area contributed by atoms with Crippen LogP contribution in [0.1, 0.15) is 30.9 Å². The average Bonchev–Trinajstić information content (AvgIpc) is 2.75. The molecule has 0 aliphatic carbocycles. The third kappa shape index (κ3) is 8.04. The van der Waals surface area contributed by atoms with E-state index in [4.69, 9.17) is 4.74 Å². The van der Waals surface area contributed by atoms with Gasteiger partial charge in [-0.25, -0.2) is 0 Å². The summed E-state index contributed by atoms with van der Waals surface area (Å²) < 4.78 is 6.09. The molecule has 0 saturated carbocycles. The van der Waals surface area contributed by atoms with E-state index in [0.29, 0.717) is 18.3 Å². The maximum absolute atomic E-state index is 9.99. The molecule has 2 aromatic carbocycles. The number of para-hydroxylation sites is 1. The Morgan fingerprint density at radius 1 is 1.00 bits per heavy atom. The number of piperazine rings is 1. The Balaban J connectivity index is 0.00000256. The highest BCUT2D eigenvalue weighted by molar-refractivity contribution is 5.85. The largest absolute Gasteiger partial charge is 0.508 e. The second-order valence-electron chi connectivity index (χ2n) is 8.65. The average molecular weight is 485 g/mol. The highest BCUT2D eigenvalue weighted by Gasteiger charge is 2.17. The molecule has 0 atom stereocenters. The summed E-state index contributed by atoms with van der Waals surface area (Å²) in [5, 5.41) is 9.99. The fourth-order valence-electron chi connectivity index (χ4n) is 3.87. The number of anilines is 1. The Hall–Kier alpha value is -1.66. The lowest BCUT2D eigenvalue weighted by atomic mass is 10.00. The third-order valence-corrected chi connectivity index (χ3v) is 5.97. The van der Waals surface area contributed by atoms with Crippen molar-refractivity contribution < 1.29 is 9.84 Å². The zero-order valence-corrected chi connectivity index (χ0v) is 21.4. The van der Waals surface area contributed by atoms with Crippen LogP contribution < -0.4 is 9.64 Å². The van der Waals surface area contributed by atoms with Crippen LogP contribution in [0.5, 0.6) is 11.5 Å². The number of aryl methyl sites for hydroxylation is 1. The monoisotopic (exact) mass is 483 g/mol.